The molecule has 2 N–H and O–H groups in total. The van der Waals surface area contributed by atoms with Crippen LogP contribution in [0.2, 0.25) is 0 Å². The first-order valence-electron chi connectivity index (χ1n) is 9.39. The first-order chi connectivity index (χ1) is 14.5. The summed E-state index contributed by atoms with van der Waals surface area (Å²) in [4.78, 5) is 42.6. The van der Waals surface area contributed by atoms with E-state index in [1.807, 2.05) is 5.38 Å². The number of amides is 1. The SMILES string of the molecule is CCOC(=O)CN1C(c2cccs2)C(C(=O)O)=C(Nc2cccnc2)C(=O)N1CC. The zero-order valence-corrected chi connectivity index (χ0v) is 17.4. The molecule has 0 fully saturated rings. The highest BCUT2D eigenvalue weighted by atomic mass is 32.1. The van der Waals surface area contributed by atoms with Gasteiger partial charge in [-0.15, -0.1) is 11.3 Å². The molecule has 0 aromatic carbocycles. The highest BCUT2D eigenvalue weighted by Crippen LogP contribution is 2.39. The van der Waals surface area contributed by atoms with Crippen molar-refractivity contribution in [1.29, 1.82) is 0 Å². The van der Waals surface area contributed by atoms with E-state index in [2.05, 4.69) is 10.3 Å². The van der Waals surface area contributed by atoms with Gasteiger partial charge in [0.25, 0.3) is 5.91 Å². The second-order valence-corrected chi connectivity index (χ2v) is 7.28. The Hall–Kier alpha value is -3.24. The van der Waals surface area contributed by atoms with Crippen LogP contribution in [0, 0.1) is 0 Å². The predicted molar refractivity (Wildman–Crippen MR) is 110 cm³/mol. The molecule has 0 bridgehead atoms. The molecular weight excluding hydrogens is 408 g/mol. The number of aromatic nitrogens is 1. The molecule has 0 radical (unpaired) electrons. The van der Waals surface area contributed by atoms with Crippen LogP contribution in [0.1, 0.15) is 24.8 Å². The van der Waals surface area contributed by atoms with Crippen LogP contribution in [0.25, 0.3) is 0 Å². The predicted octanol–water partition coefficient (Wildman–Crippen LogP) is 2.28. The van der Waals surface area contributed by atoms with Crippen molar-refractivity contribution in [1.82, 2.24) is 15.0 Å². The van der Waals surface area contributed by atoms with Crippen molar-refractivity contribution in [3.63, 3.8) is 0 Å². The van der Waals surface area contributed by atoms with Crippen LogP contribution < -0.4 is 5.32 Å². The molecule has 30 heavy (non-hydrogen) atoms. The van der Waals surface area contributed by atoms with Gasteiger partial charge in [0.2, 0.25) is 0 Å². The molecule has 158 valence electrons. The number of esters is 1. The molecule has 0 saturated carbocycles. The summed E-state index contributed by atoms with van der Waals surface area (Å²) < 4.78 is 5.05. The van der Waals surface area contributed by atoms with Gasteiger partial charge in [0.15, 0.2) is 0 Å². The molecular formula is C20H22N4O5S. The first kappa shape index (κ1) is 21.5. The van der Waals surface area contributed by atoms with E-state index in [-0.39, 0.29) is 31.0 Å². The third-order valence-corrected chi connectivity index (χ3v) is 5.39. The highest BCUT2D eigenvalue weighted by Gasteiger charge is 2.44. The maximum Gasteiger partial charge on any atom is 0.335 e. The number of carbonyl (C=O) groups is 3. The Morgan fingerprint density at radius 2 is 2.10 bits per heavy atom. The monoisotopic (exact) mass is 430 g/mol. The van der Waals surface area contributed by atoms with E-state index in [0.29, 0.717) is 10.6 Å². The summed E-state index contributed by atoms with van der Waals surface area (Å²) in [5, 5.41) is 17.6. The lowest BCUT2D eigenvalue weighted by molar-refractivity contribution is -0.164. The van der Waals surface area contributed by atoms with Crippen molar-refractivity contribution >= 4 is 34.9 Å². The molecule has 1 amide bonds. The minimum absolute atomic E-state index is 0.0594. The number of carbonyl (C=O) groups excluding carboxylic acids is 2. The molecule has 3 rings (SSSR count). The lowest BCUT2D eigenvalue weighted by Crippen LogP contribution is -2.56. The van der Waals surface area contributed by atoms with Crippen molar-refractivity contribution in [3.8, 4) is 0 Å². The molecule has 3 heterocycles. The molecule has 0 aliphatic carbocycles. The van der Waals surface area contributed by atoms with Crippen LogP contribution in [0.15, 0.2) is 53.3 Å². The van der Waals surface area contributed by atoms with Crippen LogP contribution in [-0.2, 0) is 19.1 Å². The van der Waals surface area contributed by atoms with Gasteiger partial charge >= 0.3 is 11.9 Å². The van der Waals surface area contributed by atoms with Crippen molar-refractivity contribution < 1.29 is 24.2 Å². The second kappa shape index (κ2) is 9.51. The molecule has 0 spiro atoms. The van der Waals surface area contributed by atoms with Gasteiger partial charge in [-0.2, -0.15) is 5.01 Å². The summed E-state index contributed by atoms with van der Waals surface area (Å²) in [7, 11) is 0. The van der Waals surface area contributed by atoms with E-state index < -0.39 is 23.9 Å². The van der Waals surface area contributed by atoms with Gasteiger partial charge in [-0.3, -0.25) is 19.6 Å². The topological polar surface area (TPSA) is 112 Å². The summed E-state index contributed by atoms with van der Waals surface area (Å²) >= 11 is 1.35. The van der Waals surface area contributed by atoms with E-state index in [1.54, 1.807) is 44.3 Å². The lowest BCUT2D eigenvalue weighted by atomic mass is 9.98. The Labute approximate surface area is 177 Å². The van der Waals surface area contributed by atoms with Gasteiger partial charge < -0.3 is 15.2 Å². The number of rotatable bonds is 8. The molecule has 1 aliphatic heterocycles. The third kappa shape index (κ3) is 4.34. The molecule has 9 nitrogen and oxygen atoms in total. The van der Waals surface area contributed by atoms with E-state index >= 15 is 0 Å². The van der Waals surface area contributed by atoms with Crippen molar-refractivity contribution in [3.05, 3.63) is 58.2 Å². The molecule has 2 aromatic heterocycles. The second-order valence-electron chi connectivity index (χ2n) is 6.30. The van der Waals surface area contributed by atoms with Gasteiger partial charge in [-0.1, -0.05) is 6.07 Å². The molecule has 2 aromatic rings. The number of hydrogen-bond donors (Lipinski definition) is 2. The van der Waals surface area contributed by atoms with Crippen LogP contribution in [-0.4, -0.2) is 57.7 Å². The Balaban J connectivity index is 2.15. The fraction of sp³-hybridized carbons (Fsp3) is 0.300. The summed E-state index contributed by atoms with van der Waals surface area (Å²) in [6.45, 7) is 3.62. The number of nitrogens with one attached hydrogen (secondary N) is 1. The molecule has 10 heteroatoms. The number of carboxylic acid groups (broad SMARTS) is 1. The van der Waals surface area contributed by atoms with E-state index in [1.165, 1.54) is 27.6 Å². The summed E-state index contributed by atoms with van der Waals surface area (Å²) in [5.41, 5.74) is 0.288. The highest BCUT2D eigenvalue weighted by molar-refractivity contribution is 7.10. The first-order valence-corrected chi connectivity index (χ1v) is 10.3. The van der Waals surface area contributed by atoms with Crippen molar-refractivity contribution in [2.24, 2.45) is 0 Å². The normalized spacial score (nSPS) is 17.2. The molecule has 1 aliphatic rings. The smallest absolute Gasteiger partial charge is 0.335 e. The van der Waals surface area contributed by atoms with Crippen molar-refractivity contribution in [2.75, 3.05) is 25.0 Å². The standard InChI is InChI=1S/C20H22N4O5S/c1-3-23-19(26)17(22-13-7-5-9-21-11-13)16(20(27)28)18(14-8-6-10-30-14)24(23)12-15(25)29-4-2/h5-11,18,22H,3-4,12H2,1-2H3,(H,27,28). The average Bonchev–Trinajstić information content (AvgIpc) is 3.25. The van der Waals surface area contributed by atoms with Gasteiger partial charge in [0, 0.05) is 17.6 Å². The fourth-order valence-electron chi connectivity index (χ4n) is 3.29. The fourth-order valence-corrected chi connectivity index (χ4v) is 4.13. The van der Waals surface area contributed by atoms with Gasteiger partial charge in [-0.05, 0) is 37.4 Å². The number of pyridine rings is 1. The maximum atomic E-state index is 13.3. The average molecular weight is 430 g/mol. The lowest BCUT2D eigenvalue weighted by Gasteiger charge is -2.43. The van der Waals surface area contributed by atoms with E-state index in [4.69, 9.17) is 4.74 Å². The summed E-state index contributed by atoms with van der Waals surface area (Å²) in [6.07, 6.45) is 3.08. The molecule has 1 unspecified atom stereocenters. The van der Waals surface area contributed by atoms with Gasteiger partial charge in [0.1, 0.15) is 12.2 Å². The molecule has 1 atom stereocenters. The Morgan fingerprint density at radius 3 is 2.67 bits per heavy atom. The maximum absolute atomic E-state index is 13.3. The minimum Gasteiger partial charge on any atom is -0.478 e. The van der Waals surface area contributed by atoms with Crippen LogP contribution in [0.5, 0.6) is 0 Å². The number of hydrogen-bond acceptors (Lipinski definition) is 8. The van der Waals surface area contributed by atoms with Gasteiger partial charge in [-0.25, -0.2) is 4.79 Å². The molecule has 0 saturated heterocycles. The quantitative estimate of drug-likeness (QED) is 0.614. The number of nitrogens with zero attached hydrogens (tertiary/aromatic N) is 3. The largest absolute Gasteiger partial charge is 0.478 e. The van der Waals surface area contributed by atoms with Crippen LogP contribution >= 0.6 is 11.3 Å². The Morgan fingerprint density at radius 1 is 1.30 bits per heavy atom. The Kier molecular flexibility index (Phi) is 6.80. The van der Waals surface area contributed by atoms with Crippen molar-refractivity contribution in [2.45, 2.75) is 19.9 Å². The number of aliphatic carboxylic acids is 1. The van der Waals surface area contributed by atoms with E-state index in [0.717, 1.165) is 0 Å². The number of carboxylic acids is 1. The van der Waals surface area contributed by atoms with Crippen LogP contribution in [0.4, 0.5) is 5.69 Å². The number of likely N-dealkylation sites (N-methyl/N-ethyl adjacent to an activating group) is 1. The zero-order valence-electron chi connectivity index (χ0n) is 16.6. The Bertz CT molecular complexity index is 945. The number of thiophene rings is 1. The number of hydrazine groups is 1. The van der Waals surface area contributed by atoms with E-state index in [9.17, 15) is 19.5 Å². The minimum atomic E-state index is -1.25. The number of ether oxygens (including phenoxy) is 1. The van der Waals surface area contributed by atoms with Crippen LogP contribution in [0.3, 0.4) is 0 Å². The summed E-state index contributed by atoms with van der Waals surface area (Å²) in [6, 6.07) is 6.10. The third-order valence-electron chi connectivity index (χ3n) is 4.47. The number of anilines is 1. The zero-order chi connectivity index (χ0) is 21.7. The van der Waals surface area contributed by atoms with Gasteiger partial charge in [0.05, 0.1) is 30.1 Å². The summed E-state index contributed by atoms with van der Waals surface area (Å²) in [5.74, 6) is -2.34.